The lowest BCUT2D eigenvalue weighted by Gasteiger charge is -2.12. The number of imidazole rings is 1. The maximum atomic E-state index is 12.5. The summed E-state index contributed by atoms with van der Waals surface area (Å²) in [5.74, 6) is 0.756. The summed E-state index contributed by atoms with van der Waals surface area (Å²) in [6, 6.07) is 27.3. The van der Waals surface area contributed by atoms with Crippen molar-refractivity contribution in [2.24, 2.45) is 0 Å². The Hall–Kier alpha value is -2.39. The van der Waals surface area contributed by atoms with E-state index < -0.39 is 10.0 Å². The lowest BCUT2D eigenvalue weighted by molar-refractivity contribution is 0.581. The molecule has 0 radical (unpaired) electrons. The number of rotatable bonds is 11. The standard InChI is InChI=1S/C27H28BrN3O2S2/c1-2-19-31-26(22-12-7-4-8-13-22)25(21-10-5-3-6-11-21)30-27(31)34-20-9-18-29-35(32,33)24-16-14-23(28)15-17-24/h3-8,10-17,29H,2,9,18-20H2,1H3. The maximum absolute atomic E-state index is 12.5. The van der Waals surface area contributed by atoms with E-state index in [-0.39, 0.29) is 4.90 Å². The fraction of sp³-hybridized carbons (Fsp3) is 0.222. The second-order valence-electron chi connectivity index (χ2n) is 8.03. The molecular weight excluding hydrogens is 542 g/mol. The van der Waals surface area contributed by atoms with Gasteiger partial charge in [-0.05, 0) is 37.1 Å². The first-order valence-electron chi connectivity index (χ1n) is 11.6. The third-order valence-corrected chi connectivity index (χ3v) is 8.51. The molecule has 0 bridgehead atoms. The van der Waals surface area contributed by atoms with Crippen molar-refractivity contribution in [1.29, 1.82) is 0 Å². The number of thioether (sulfide) groups is 1. The smallest absolute Gasteiger partial charge is 0.240 e. The second kappa shape index (κ2) is 12.0. The number of hydrogen-bond donors (Lipinski definition) is 1. The minimum Gasteiger partial charge on any atom is -0.318 e. The lowest BCUT2D eigenvalue weighted by Crippen LogP contribution is -2.25. The van der Waals surface area contributed by atoms with E-state index in [9.17, 15) is 8.42 Å². The molecule has 182 valence electrons. The Balaban J connectivity index is 1.50. The van der Waals surface area contributed by atoms with Crippen LogP contribution in [0.5, 0.6) is 0 Å². The van der Waals surface area contributed by atoms with Crippen molar-refractivity contribution in [2.45, 2.75) is 36.4 Å². The summed E-state index contributed by atoms with van der Waals surface area (Å²) < 4.78 is 30.9. The van der Waals surface area contributed by atoms with Crippen LogP contribution in [0.25, 0.3) is 22.5 Å². The highest BCUT2D eigenvalue weighted by Gasteiger charge is 2.20. The van der Waals surface area contributed by atoms with Crippen LogP contribution < -0.4 is 4.72 Å². The minimum absolute atomic E-state index is 0.270. The van der Waals surface area contributed by atoms with Crippen molar-refractivity contribution < 1.29 is 8.42 Å². The summed E-state index contributed by atoms with van der Waals surface area (Å²) in [5, 5.41) is 0.959. The van der Waals surface area contributed by atoms with Crippen molar-refractivity contribution in [3.8, 4) is 22.5 Å². The highest BCUT2D eigenvalue weighted by Crippen LogP contribution is 2.36. The molecule has 8 heteroatoms. The third-order valence-electron chi connectivity index (χ3n) is 5.44. The highest BCUT2D eigenvalue weighted by molar-refractivity contribution is 9.10. The van der Waals surface area contributed by atoms with Crippen LogP contribution >= 0.6 is 27.7 Å². The monoisotopic (exact) mass is 569 g/mol. The van der Waals surface area contributed by atoms with Gasteiger partial charge >= 0.3 is 0 Å². The molecule has 0 aliphatic carbocycles. The van der Waals surface area contributed by atoms with Gasteiger partial charge in [-0.1, -0.05) is 95.3 Å². The average molecular weight is 571 g/mol. The number of hydrogen-bond acceptors (Lipinski definition) is 4. The number of sulfonamides is 1. The van der Waals surface area contributed by atoms with Crippen molar-refractivity contribution in [3.63, 3.8) is 0 Å². The van der Waals surface area contributed by atoms with Gasteiger partial charge in [-0.3, -0.25) is 0 Å². The Morgan fingerprint density at radius 2 is 1.54 bits per heavy atom. The van der Waals surface area contributed by atoms with Crippen molar-refractivity contribution >= 4 is 37.7 Å². The Kier molecular flexibility index (Phi) is 8.83. The molecule has 0 aliphatic rings. The van der Waals surface area contributed by atoms with E-state index in [1.165, 1.54) is 0 Å². The molecule has 3 aromatic carbocycles. The van der Waals surface area contributed by atoms with Crippen LogP contribution in [0.2, 0.25) is 0 Å². The summed E-state index contributed by atoms with van der Waals surface area (Å²) in [7, 11) is -3.51. The first-order valence-corrected chi connectivity index (χ1v) is 14.8. The molecule has 35 heavy (non-hydrogen) atoms. The Morgan fingerprint density at radius 1 is 0.914 bits per heavy atom. The number of nitrogens with one attached hydrogen (secondary N) is 1. The van der Waals surface area contributed by atoms with Crippen LogP contribution in [0.15, 0.2) is 99.5 Å². The van der Waals surface area contributed by atoms with E-state index in [1.807, 2.05) is 24.3 Å². The van der Waals surface area contributed by atoms with Crippen LogP contribution in [0, 0.1) is 0 Å². The Labute approximate surface area is 220 Å². The Bertz CT molecular complexity index is 1340. The van der Waals surface area contributed by atoms with Gasteiger partial charge in [0.1, 0.15) is 0 Å². The summed E-state index contributed by atoms with van der Waals surface area (Å²) in [5.41, 5.74) is 4.33. The minimum atomic E-state index is -3.51. The van der Waals surface area contributed by atoms with Crippen molar-refractivity contribution in [3.05, 3.63) is 89.4 Å². The molecule has 0 atom stereocenters. The van der Waals surface area contributed by atoms with Gasteiger partial charge in [-0.2, -0.15) is 0 Å². The number of halogens is 1. The van der Waals surface area contributed by atoms with Gasteiger partial charge in [0.15, 0.2) is 5.16 Å². The van der Waals surface area contributed by atoms with Gasteiger partial charge in [0.25, 0.3) is 0 Å². The number of aromatic nitrogens is 2. The molecule has 0 unspecified atom stereocenters. The normalized spacial score (nSPS) is 11.6. The average Bonchev–Trinajstić information content (AvgIpc) is 3.23. The summed E-state index contributed by atoms with van der Waals surface area (Å²) in [6.45, 7) is 3.40. The molecule has 5 nitrogen and oxygen atoms in total. The van der Waals surface area contributed by atoms with E-state index in [1.54, 1.807) is 36.0 Å². The summed E-state index contributed by atoms with van der Waals surface area (Å²) in [6.07, 6.45) is 1.69. The largest absolute Gasteiger partial charge is 0.318 e. The van der Waals surface area contributed by atoms with Crippen LogP contribution in [0.1, 0.15) is 19.8 Å². The molecule has 4 rings (SSSR count). The van der Waals surface area contributed by atoms with Gasteiger partial charge in [-0.25, -0.2) is 18.1 Å². The topological polar surface area (TPSA) is 64.0 Å². The molecule has 0 spiro atoms. The first-order chi connectivity index (χ1) is 17.0. The predicted octanol–water partition coefficient (Wildman–Crippen LogP) is 6.85. The molecule has 0 fully saturated rings. The third kappa shape index (κ3) is 6.44. The molecule has 0 amide bonds. The van der Waals surface area contributed by atoms with Crippen LogP contribution in [0.3, 0.4) is 0 Å². The molecular formula is C27H28BrN3O2S2. The fourth-order valence-electron chi connectivity index (χ4n) is 3.80. The Morgan fingerprint density at radius 3 is 2.17 bits per heavy atom. The van der Waals surface area contributed by atoms with Crippen LogP contribution in [0.4, 0.5) is 0 Å². The van der Waals surface area contributed by atoms with Crippen molar-refractivity contribution in [1.82, 2.24) is 14.3 Å². The van der Waals surface area contributed by atoms with Crippen LogP contribution in [-0.2, 0) is 16.6 Å². The van der Waals surface area contributed by atoms with E-state index in [0.717, 1.165) is 50.9 Å². The SMILES string of the molecule is CCCn1c(SCCCNS(=O)(=O)c2ccc(Br)cc2)nc(-c2ccccc2)c1-c1ccccc1. The van der Waals surface area contributed by atoms with Crippen LogP contribution in [-0.4, -0.2) is 30.3 Å². The fourth-order valence-corrected chi connectivity index (χ4v) is 6.10. The van der Waals surface area contributed by atoms with E-state index in [2.05, 4.69) is 68.5 Å². The molecule has 0 saturated heterocycles. The lowest BCUT2D eigenvalue weighted by atomic mass is 10.0. The number of nitrogens with zero attached hydrogens (tertiary/aromatic N) is 2. The number of benzene rings is 3. The molecule has 0 aliphatic heterocycles. The van der Waals surface area contributed by atoms with E-state index >= 15 is 0 Å². The molecule has 1 aromatic heterocycles. The van der Waals surface area contributed by atoms with Gasteiger partial charge in [0.05, 0.1) is 16.3 Å². The second-order valence-corrected chi connectivity index (χ2v) is 11.8. The predicted molar refractivity (Wildman–Crippen MR) is 148 cm³/mol. The van der Waals surface area contributed by atoms with Gasteiger partial charge < -0.3 is 4.57 Å². The maximum Gasteiger partial charge on any atom is 0.240 e. The van der Waals surface area contributed by atoms with Gasteiger partial charge in [-0.15, -0.1) is 0 Å². The van der Waals surface area contributed by atoms with Gasteiger partial charge in [0, 0.05) is 34.4 Å². The summed E-state index contributed by atoms with van der Waals surface area (Å²) >= 11 is 5.01. The zero-order valence-electron chi connectivity index (χ0n) is 19.5. The molecule has 1 N–H and O–H groups in total. The quantitative estimate of drug-likeness (QED) is 0.158. The molecule has 4 aromatic rings. The van der Waals surface area contributed by atoms with Gasteiger partial charge in [0.2, 0.25) is 10.0 Å². The highest BCUT2D eigenvalue weighted by atomic mass is 79.9. The van der Waals surface area contributed by atoms with E-state index in [4.69, 9.17) is 4.98 Å². The first kappa shape index (κ1) is 25.7. The molecule has 1 heterocycles. The van der Waals surface area contributed by atoms with Crippen molar-refractivity contribution in [2.75, 3.05) is 12.3 Å². The zero-order valence-corrected chi connectivity index (χ0v) is 22.7. The summed E-state index contributed by atoms with van der Waals surface area (Å²) in [4.78, 5) is 5.33. The van der Waals surface area contributed by atoms with E-state index in [0.29, 0.717) is 13.0 Å². The molecule has 0 saturated carbocycles. The zero-order chi connectivity index (χ0) is 24.7.